The van der Waals surface area contributed by atoms with E-state index in [0.717, 1.165) is 10.5 Å². The molecule has 0 saturated heterocycles. The second-order valence-electron chi connectivity index (χ2n) is 7.52. The lowest BCUT2D eigenvalue weighted by Crippen LogP contribution is -2.47. The van der Waals surface area contributed by atoms with Gasteiger partial charge in [-0.05, 0) is 51.8 Å². The van der Waals surface area contributed by atoms with E-state index in [1.165, 1.54) is 12.1 Å². The number of ether oxygens (including phenoxy) is 1. The number of amides is 3. The molecule has 3 amide bonds. The van der Waals surface area contributed by atoms with Crippen molar-refractivity contribution in [1.29, 1.82) is 0 Å². The molecule has 1 aliphatic heterocycles. The maximum absolute atomic E-state index is 13.1. The van der Waals surface area contributed by atoms with E-state index in [4.69, 9.17) is 16.3 Å². The monoisotopic (exact) mass is 540 g/mol. The first-order valence-corrected chi connectivity index (χ1v) is 11.4. The highest BCUT2D eigenvalue weighted by Gasteiger charge is 2.43. The van der Waals surface area contributed by atoms with Crippen LogP contribution in [-0.4, -0.2) is 41.2 Å². The second kappa shape index (κ2) is 10.2. The largest absolute Gasteiger partial charge is 0.454 e. The summed E-state index contributed by atoms with van der Waals surface area (Å²) in [5.41, 5.74) is 1.61. The van der Waals surface area contributed by atoms with Gasteiger partial charge in [-0.15, -0.1) is 0 Å². The molecule has 4 rings (SSSR count). The molecule has 1 atom stereocenters. The number of nitrogens with zero attached hydrogens (tertiary/aromatic N) is 1. The van der Waals surface area contributed by atoms with Gasteiger partial charge in [0.15, 0.2) is 6.61 Å². The fraction of sp³-hybridized carbons (Fsp3) is 0.120. The van der Waals surface area contributed by atoms with E-state index in [0.29, 0.717) is 15.2 Å². The number of rotatable bonds is 7. The van der Waals surface area contributed by atoms with Crippen LogP contribution in [-0.2, 0) is 20.7 Å². The normalized spacial score (nSPS) is 13.4. The van der Waals surface area contributed by atoms with Crippen molar-refractivity contribution >= 4 is 56.9 Å². The molecule has 0 aromatic heterocycles. The summed E-state index contributed by atoms with van der Waals surface area (Å²) in [5, 5.41) is 2.99. The summed E-state index contributed by atoms with van der Waals surface area (Å²) in [4.78, 5) is 52.3. The summed E-state index contributed by atoms with van der Waals surface area (Å²) < 4.78 is 5.90. The molecule has 7 nitrogen and oxygen atoms in total. The molecule has 0 spiro atoms. The number of imide groups is 1. The molecule has 3 aromatic carbocycles. The van der Waals surface area contributed by atoms with Gasteiger partial charge in [-0.1, -0.05) is 54.1 Å². The molecule has 0 saturated carbocycles. The Hall–Kier alpha value is -3.49. The van der Waals surface area contributed by atoms with Crippen LogP contribution in [0.3, 0.4) is 0 Å². The van der Waals surface area contributed by atoms with Crippen molar-refractivity contribution in [3.8, 4) is 0 Å². The summed E-state index contributed by atoms with van der Waals surface area (Å²) >= 11 is 9.30. The standard InChI is InChI=1S/C25H18BrClN2O5/c26-19-11-10-16(13-20(19)27)28-22(30)14-34-25(33)21(12-15-6-2-1-3-7-15)29-23(31)17-8-4-5-9-18(17)24(29)32/h1-11,13,21H,12,14H2,(H,28,30)/t21-/m0/s1. The molecular formula is C25H18BrClN2O5. The topological polar surface area (TPSA) is 92.8 Å². The van der Waals surface area contributed by atoms with E-state index in [9.17, 15) is 19.2 Å². The van der Waals surface area contributed by atoms with Crippen molar-refractivity contribution in [1.82, 2.24) is 4.90 Å². The van der Waals surface area contributed by atoms with Gasteiger partial charge in [0.1, 0.15) is 6.04 Å². The van der Waals surface area contributed by atoms with Crippen molar-refractivity contribution in [3.05, 3.63) is 99.0 Å². The van der Waals surface area contributed by atoms with Crippen molar-refractivity contribution in [3.63, 3.8) is 0 Å². The third kappa shape index (κ3) is 5.03. The van der Waals surface area contributed by atoms with Crippen LogP contribution in [0.15, 0.2) is 77.3 Å². The molecule has 1 heterocycles. The zero-order valence-corrected chi connectivity index (χ0v) is 20.0. The molecule has 0 radical (unpaired) electrons. The van der Waals surface area contributed by atoms with Crippen molar-refractivity contribution in [2.75, 3.05) is 11.9 Å². The maximum Gasteiger partial charge on any atom is 0.330 e. The Balaban J connectivity index is 1.50. The van der Waals surface area contributed by atoms with Gasteiger partial charge in [0.2, 0.25) is 0 Å². The molecule has 1 aliphatic rings. The summed E-state index contributed by atoms with van der Waals surface area (Å²) in [6.07, 6.45) is 0.0507. The first-order chi connectivity index (χ1) is 16.3. The van der Waals surface area contributed by atoms with Gasteiger partial charge in [-0.25, -0.2) is 4.79 Å². The third-order valence-corrected chi connectivity index (χ3v) is 6.46. The number of benzene rings is 3. The van der Waals surface area contributed by atoms with Crippen LogP contribution in [0.25, 0.3) is 0 Å². The highest BCUT2D eigenvalue weighted by atomic mass is 79.9. The van der Waals surface area contributed by atoms with Crippen molar-refractivity contribution < 1.29 is 23.9 Å². The fourth-order valence-corrected chi connectivity index (χ4v) is 4.04. The Bertz CT molecular complexity index is 1250. The van der Waals surface area contributed by atoms with E-state index in [-0.39, 0.29) is 17.5 Å². The number of fused-ring (bicyclic) bond motifs is 1. The first kappa shape index (κ1) is 23.7. The lowest BCUT2D eigenvalue weighted by Gasteiger charge is -2.24. The number of carbonyl (C=O) groups is 4. The van der Waals surface area contributed by atoms with E-state index in [1.807, 2.05) is 6.07 Å². The zero-order valence-electron chi connectivity index (χ0n) is 17.7. The minimum absolute atomic E-state index is 0.0507. The van der Waals surface area contributed by atoms with Crippen molar-refractivity contribution in [2.45, 2.75) is 12.5 Å². The quantitative estimate of drug-likeness (QED) is 0.351. The highest BCUT2D eigenvalue weighted by molar-refractivity contribution is 9.10. The SMILES string of the molecule is O=C(COC(=O)[C@H](Cc1ccccc1)N1C(=O)c2ccccc2C1=O)Nc1ccc(Br)c(Cl)c1. The Labute approximate surface area is 208 Å². The second-order valence-corrected chi connectivity index (χ2v) is 8.78. The fourth-order valence-electron chi connectivity index (χ4n) is 3.61. The van der Waals surface area contributed by atoms with Gasteiger partial charge in [-0.3, -0.25) is 19.3 Å². The van der Waals surface area contributed by atoms with Crippen LogP contribution in [0.2, 0.25) is 5.02 Å². The van der Waals surface area contributed by atoms with E-state index in [2.05, 4.69) is 21.2 Å². The average molecular weight is 542 g/mol. The molecule has 34 heavy (non-hydrogen) atoms. The Morgan fingerprint density at radius 2 is 1.56 bits per heavy atom. The highest BCUT2D eigenvalue weighted by Crippen LogP contribution is 2.27. The van der Waals surface area contributed by atoms with Gasteiger partial charge in [0, 0.05) is 16.6 Å². The molecule has 0 aliphatic carbocycles. The molecule has 3 aromatic rings. The predicted molar refractivity (Wildman–Crippen MR) is 130 cm³/mol. The van der Waals surface area contributed by atoms with Crippen LogP contribution in [0, 0.1) is 0 Å². The number of hydrogen-bond donors (Lipinski definition) is 1. The van der Waals surface area contributed by atoms with Crippen molar-refractivity contribution in [2.24, 2.45) is 0 Å². The van der Waals surface area contributed by atoms with E-state index >= 15 is 0 Å². The van der Waals surface area contributed by atoms with Gasteiger partial charge >= 0.3 is 5.97 Å². The zero-order chi connectivity index (χ0) is 24.2. The lowest BCUT2D eigenvalue weighted by atomic mass is 10.0. The number of halogens is 2. The van der Waals surface area contributed by atoms with E-state index in [1.54, 1.807) is 54.6 Å². The number of esters is 1. The molecule has 9 heteroatoms. The molecule has 0 unspecified atom stereocenters. The number of hydrogen-bond acceptors (Lipinski definition) is 5. The Kier molecular flexibility index (Phi) is 7.09. The van der Waals surface area contributed by atoms with Gasteiger partial charge < -0.3 is 10.1 Å². The van der Waals surface area contributed by atoms with Crippen LogP contribution in [0.4, 0.5) is 5.69 Å². The van der Waals surface area contributed by atoms with Gasteiger partial charge in [0.25, 0.3) is 17.7 Å². The minimum Gasteiger partial charge on any atom is -0.454 e. The van der Waals surface area contributed by atoms with Gasteiger partial charge in [0.05, 0.1) is 16.1 Å². The van der Waals surface area contributed by atoms with Gasteiger partial charge in [-0.2, -0.15) is 0 Å². The van der Waals surface area contributed by atoms with Crippen LogP contribution < -0.4 is 5.32 Å². The minimum atomic E-state index is -1.23. The molecule has 1 N–H and O–H groups in total. The predicted octanol–water partition coefficient (Wildman–Crippen LogP) is 4.49. The third-order valence-electron chi connectivity index (χ3n) is 5.23. The Morgan fingerprint density at radius 1 is 0.941 bits per heavy atom. The van der Waals surface area contributed by atoms with Crippen LogP contribution >= 0.6 is 27.5 Å². The molecule has 0 fully saturated rings. The number of carbonyl (C=O) groups excluding carboxylic acids is 4. The Morgan fingerprint density at radius 3 is 2.18 bits per heavy atom. The number of nitrogens with one attached hydrogen (secondary N) is 1. The van der Waals surface area contributed by atoms with Crippen LogP contribution in [0.1, 0.15) is 26.3 Å². The first-order valence-electron chi connectivity index (χ1n) is 10.3. The smallest absolute Gasteiger partial charge is 0.330 e. The average Bonchev–Trinajstić information content (AvgIpc) is 3.09. The molecule has 172 valence electrons. The lowest BCUT2D eigenvalue weighted by molar-refractivity contribution is -0.151. The van der Waals surface area contributed by atoms with E-state index < -0.39 is 36.3 Å². The summed E-state index contributed by atoms with van der Waals surface area (Å²) in [7, 11) is 0. The number of anilines is 1. The maximum atomic E-state index is 13.1. The molecular weight excluding hydrogens is 524 g/mol. The van der Waals surface area contributed by atoms with Crippen LogP contribution in [0.5, 0.6) is 0 Å². The molecule has 0 bridgehead atoms. The summed E-state index contributed by atoms with van der Waals surface area (Å²) in [6, 6.07) is 18.9. The summed E-state index contributed by atoms with van der Waals surface area (Å²) in [5.74, 6) is -2.60. The summed E-state index contributed by atoms with van der Waals surface area (Å²) in [6.45, 7) is -0.596.